The van der Waals surface area contributed by atoms with Gasteiger partial charge >= 0.3 is 0 Å². The highest BCUT2D eigenvalue weighted by molar-refractivity contribution is 4.60. The zero-order chi connectivity index (χ0) is 7.28. The van der Waals surface area contributed by atoms with Gasteiger partial charge in [0.25, 0.3) is 0 Å². The summed E-state index contributed by atoms with van der Waals surface area (Å²) in [6.45, 7) is 7.56. The van der Waals surface area contributed by atoms with Crippen LogP contribution in [-0.2, 0) is 0 Å². The van der Waals surface area contributed by atoms with Crippen molar-refractivity contribution in [2.45, 2.75) is 33.6 Å². The third-order valence-electron chi connectivity index (χ3n) is 2.09. The second kappa shape index (κ2) is 4.80. The lowest BCUT2D eigenvalue weighted by atomic mass is 9.92. The summed E-state index contributed by atoms with van der Waals surface area (Å²) in [5.41, 5.74) is 5.50. The van der Waals surface area contributed by atoms with Crippen molar-refractivity contribution in [2.75, 3.05) is 6.54 Å². The summed E-state index contributed by atoms with van der Waals surface area (Å²) < 4.78 is 0. The Balaban J connectivity index is 3.32. The van der Waals surface area contributed by atoms with Crippen LogP contribution in [0.15, 0.2) is 0 Å². The van der Waals surface area contributed by atoms with Gasteiger partial charge in [-0.2, -0.15) is 0 Å². The Hall–Kier alpha value is -0.0400. The van der Waals surface area contributed by atoms with E-state index in [0.717, 1.165) is 12.5 Å². The van der Waals surface area contributed by atoms with Gasteiger partial charge in [0.15, 0.2) is 0 Å². The van der Waals surface area contributed by atoms with Gasteiger partial charge in [-0.25, -0.2) is 0 Å². The van der Waals surface area contributed by atoms with Gasteiger partial charge in [0.1, 0.15) is 0 Å². The summed E-state index contributed by atoms with van der Waals surface area (Å²) in [4.78, 5) is 0. The molecule has 2 atom stereocenters. The summed E-state index contributed by atoms with van der Waals surface area (Å²) >= 11 is 0. The number of hydrogen-bond donors (Lipinski definition) is 1. The Morgan fingerprint density at radius 2 is 1.78 bits per heavy atom. The molecular formula is C8H19N. The topological polar surface area (TPSA) is 26.0 Å². The van der Waals surface area contributed by atoms with Gasteiger partial charge in [-0.1, -0.05) is 33.6 Å². The second-order valence-corrected chi connectivity index (χ2v) is 2.98. The molecular weight excluding hydrogens is 110 g/mol. The lowest BCUT2D eigenvalue weighted by molar-refractivity contribution is 0.369. The van der Waals surface area contributed by atoms with Crippen LogP contribution in [0.3, 0.4) is 0 Å². The van der Waals surface area contributed by atoms with Crippen LogP contribution in [0.25, 0.3) is 0 Å². The van der Waals surface area contributed by atoms with Crippen molar-refractivity contribution in [1.29, 1.82) is 0 Å². The average molecular weight is 129 g/mol. The molecule has 0 aliphatic heterocycles. The van der Waals surface area contributed by atoms with Crippen LogP contribution >= 0.6 is 0 Å². The Morgan fingerprint density at radius 3 is 2.11 bits per heavy atom. The summed E-state index contributed by atoms with van der Waals surface area (Å²) in [6.07, 6.45) is 2.60. The van der Waals surface area contributed by atoms with Crippen molar-refractivity contribution in [3.63, 3.8) is 0 Å². The maximum Gasteiger partial charge on any atom is -0.00490 e. The lowest BCUT2D eigenvalue weighted by Gasteiger charge is -2.16. The largest absolute Gasteiger partial charge is 0.330 e. The van der Waals surface area contributed by atoms with Crippen LogP contribution in [0.2, 0.25) is 0 Å². The summed E-state index contributed by atoms with van der Waals surface area (Å²) in [5, 5.41) is 0. The van der Waals surface area contributed by atoms with E-state index in [2.05, 4.69) is 20.8 Å². The maximum atomic E-state index is 5.50. The Morgan fingerprint density at radius 1 is 1.22 bits per heavy atom. The molecule has 1 heteroatoms. The zero-order valence-corrected chi connectivity index (χ0v) is 6.85. The highest BCUT2D eigenvalue weighted by Crippen LogP contribution is 2.14. The minimum Gasteiger partial charge on any atom is -0.330 e. The van der Waals surface area contributed by atoms with Crippen LogP contribution in [0.1, 0.15) is 33.6 Å². The first-order chi connectivity index (χ1) is 4.22. The normalized spacial score (nSPS) is 17.3. The summed E-state index contributed by atoms with van der Waals surface area (Å²) in [5.74, 6) is 1.50. The fourth-order valence-corrected chi connectivity index (χ4v) is 0.972. The van der Waals surface area contributed by atoms with E-state index in [1.165, 1.54) is 12.8 Å². The lowest BCUT2D eigenvalue weighted by Crippen LogP contribution is -2.18. The van der Waals surface area contributed by atoms with Crippen LogP contribution in [0.4, 0.5) is 0 Å². The van der Waals surface area contributed by atoms with E-state index in [1.54, 1.807) is 0 Å². The molecule has 1 nitrogen and oxygen atoms in total. The number of rotatable bonds is 4. The number of nitrogens with two attached hydrogens (primary N) is 1. The SMILES string of the molecule is CCCC(C)[C@H](C)CN. The summed E-state index contributed by atoms with van der Waals surface area (Å²) in [6, 6.07) is 0. The van der Waals surface area contributed by atoms with E-state index in [9.17, 15) is 0 Å². The van der Waals surface area contributed by atoms with Crippen molar-refractivity contribution in [3.05, 3.63) is 0 Å². The Bertz CT molecular complexity index is 61.6. The molecule has 0 aliphatic carbocycles. The molecule has 2 N–H and O–H groups in total. The first-order valence-electron chi connectivity index (χ1n) is 3.92. The minimum atomic E-state index is 0.699. The molecule has 0 bridgehead atoms. The van der Waals surface area contributed by atoms with Gasteiger partial charge in [0.05, 0.1) is 0 Å². The molecule has 1 unspecified atom stereocenters. The van der Waals surface area contributed by atoms with Gasteiger partial charge in [0, 0.05) is 0 Å². The van der Waals surface area contributed by atoms with Crippen molar-refractivity contribution >= 4 is 0 Å². The third kappa shape index (κ3) is 3.52. The molecule has 9 heavy (non-hydrogen) atoms. The third-order valence-corrected chi connectivity index (χ3v) is 2.09. The van der Waals surface area contributed by atoms with Crippen LogP contribution < -0.4 is 5.73 Å². The van der Waals surface area contributed by atoms with Crippen LogP contribution in [-0.4, -0.2) is 6.54 Å². The van der Waals surface area contributed by atoms with E-state index in [1.807, 2.05) is 0 Å². The van der Waals surface area contributed by atoms with Crippen molar-refractivity contribution in [3.8, 4) is 0 Å². The molecule has 0 saturated carbocycles. The fourth-order valence-electron chi connectivity index (χ4n) is 0.972. The molecule has 0 spiro atoms. The molecule has 0 aromatic rings. The van der Waals surface area contributed by atoms with Crippen LogP contribution in [0, 0.1) is 11.8 Å². The van der Waals surface area contributed by atoms with E-state index in [-0.39, 0.29) is 0 Å². The van der Waals surface area contributed by atoms with Crippen LogP contribution in [0.5, 0.6) is 0 Å². The second-order valence-electron chi connectivity index (χ2n) is 2.98. The van der Waals surface area contributed by atoms with Crippen molar-refractivity contribution in [2.24, 2.45) is 17.6 Å². The summed E-state index contributed by atoms with van der Waals surface area (Å²) in [7, 11) is 0. The monoisotopic (exact) mass is 129 g/mol. The Labute approximate surface area is 58.6 Å². The van der Waals surface area contributed by atoms with Gasteiger partial charge in [-0.15, -0.1) is 0 Å². The Kier molecular flexibility index (Phi) is 4.78. The zero-order valence-electron chi connectivity index (χ0n) is 6.85. The van der Waals surface area contributed by atoms with Crippen molar-refractivity contribution in [1.82, 2.24) is 0 Å². The van der Waals surface area contributed by atoms with E-state index in [4.69, 9.17) is 5.73 Å². The standard InChI is InChI=1S/C8H19N/c1-4-5-7(2)8(3)6-9/h7-8H,4-6,9H2,1-3H3/t7?,8-/m1/s1. The highest BCUT2D eigenvalue weighted by atomic mass is 14.5. The first-order valence-corrected chi connectivity index (χ1v) is 3.92. The number of hydrogen-bond acceptors (Lipinski definition) is 1. The average Bonchev–Trinajstić information content (AvgIpc) is 1.87. The molecule has 56 valence electrons. The molecule has 0 aliphatic rings. The van der Waals surface area contributed by atoms with Gasteiger partial charge in [0.2, 0.25) is 0 Å². The van der Waals surface area contributed by atoms with Gasteiger partial charge in [-0.05, 0) is 18.4 Å². The molecule has 0 radical (unpaired) electrons. The van der Waals surface area contributed by atoms with E-state index in [0.29, 0.717) is 5.92 Å². The molecule has 0 amide bonds. The fraction of sp³-hybridized carbons (Fsp3) is 1.00. The van der Waals surface area contributed by atoms with E-state index < -0.39 is 0 Å². The molecule has 0 aromatic heterocycles. The highest BCUT2D eigenvalue weighted by Gasteiger charge is 2.07. The van der Waals surface area contributed by atoms with Gasteiger partial charge < -0.3 is 5.73 Å². The quantitative estimate of drug-likeness (QED) is 0.617. The van der Waals surface area contributed by atoms with Crippen molar-refractivity contribution < 1.29 is 0 Å². The maximum absolute atomic E-state index is 5.50. The molecule has 0 saturated heterocycles. The molecule has 0 fully saturated rings. The van der Waals surface area contributed by atoms with Gasteiger partial charge in [-0.3, -0.25) is 0 Å². The predicted molar refractivity (Wildman–Crippen MR) is 42.3 cm³/mol. The minimum absolute atomic E-state index is 0.699. The van der Waals surface area contributed by atoms with E-state index >= 15 is 0 Å². The molecule has 0 rings (SSSR count). The predicted octanol–water partition coefficient (Wildman–Crippen LogP) is 2.02. The first kappa shape index (κ1) is 8.96. The smallest absolute Gasteiger partial charge is 0.00490 e. The molecule has 0 aromatic carbocycles. The molecule has 0 heterocycles.